The molecule has 204 valence electrons. The van der Waals surface area contributed by atoms with Gasteiger partial charge < -0.3 is 19.3 Å². The molecule has 10 heteroatoms. The van der Waals surface area contributed by atoms with E-state index >= 15 is 0 Å². The topological polar surface area (TPSA) is 71.8 Å². The monoisotopic (exact) mass is 534 g/mol. The van der Waals surface area contributed by atoms with Gasteiger partial charge in [0.05, 0.1) is 12.1 Å². The number of carbonyl (C=O) groups is 2. The van der Waals surface area contributed by atoms with Gasteiger partial charge in [0.25, 0.3) is 0 Å². The number of rotatable bonds is 9. The Morgan fingerprint density at radius 1 is 1.16 bits per heavy atom. The van der Waals surface area contributed by atoms with E-state index < -0.39 is 29.6 Å². The summed E-state index contributed by atoms with van der Waals surface area (Å²) in [6, 6.07) is 7.74. The first-order valence-corrected chi connectivity index (χ1v) is 12.7. The summed E-state index contributed by atoms with van der Waals surface area (Å²) in [5, 5.41) is 10.5. The lowest BCUT2D eigenvalue weighted by molar-refractivity contribution is -0.141. The average Bonchev–Trinajstić information content (AvgIpc) is 3.19. The number of halogens is 4. The van der Waals surface area contributed by atoms with Crippen molar-refractivity contribution in [2.45, 2.75) is 64.2 Å². The fourth-order valence-electron chi connectivity index (χ4n) is 5.35. The minimum atomic E-state index is -4.43. The van der Waals surface area contributed by atoms with Crippen LogP contribution in [0.3, 0.4) is 0 Å². The molecular formula is C28H30F4N2O4. The van der Waals surface area contributed by atoms with Crippen LogP contribution in [0.4, 0.5) is 17.6 Å². The molecule has 1 heterocycles. The molecule has 1 aromatic heterocycles. The lowest BCUT2D eigenvalue weighted by Gasteiger charge is -2.35. The molecule has 0 fully saturated rings. The van der Waals surface area contributed by atoms with Crippen LogP contribution in [0.2, 0.25) is 0 Å². The first kappa shape index (κ1) is 27.5. The fraction of sp³-hybridized carbons (Fsp3) is 0.429. The zero-order chi connectivity index (χ0) is 27.6. The van der Waals surface area contributed by atoms with Gasteiger partial charge in [0.2, 0.25) is 5.91 Å². The van der Waals surface area contributed by atoms with E-state index in [1.54, 1.807) is 29.4 Å². The summed E-state index contributed by atoms with van der Waals surface area (Å²) >= 11 is 0. The Morgan fingerprint density at radius 3 is 2.47 bits per heavy atom. The van der Waals surface area contributed by atoms with Crippen LogP contribution in [-0.2, 0) is 28.6 Å². The SMILES string of the molecule is CCC(=O)N(CCOc1ccc(C(F)(F)F)cc1)[C@H]1CCc2c(c3cc(F)ccc3n2C(CC)C(=O)O)C1. The molecule has 6 nitrogen and oxygen atoms in total. The fourth-order valence-corrected chi connectivity index (χ4v) is 5.35. The molecule has 1 N–H and O–H groups in total. The Labute approximate surface area is 217 Å². The van der Waals surface area contributed by atoms with Gasteiger partial charge in [0.15, 0.2) is 0 Å². The third kappa shape index (κ3) is 5.49. The van der Waals surface area contributed by atoms with Crippen molar-refractivity contribution in [1.29, 1.82) is 0 Å². The molecule has 1 aliphatic carbocycles. The number of carboxylic acid groups (broad SMARTS) is 1. The Hall–Kier alpha value is -3.56. The van der Waals surface area contributed by atoms with Gasteiger partial charge in [-0.1, -0.05) is 13.8 Å². The lowest BCUT2D eigenvalue weighted by atomic mass is 9.90. The predicted molar refractivity (Wildman–Crippen MR) is 134 cm³/mol. The quantitative estimate of drug-likeness (QED) is 0.342. The van der Waals surface area contributed by atoms with Crippen LogP contribution >= 0.6 is 0 Å². The first-order valence-electron chi connectivity index (χ1n) is 12.7. The number of alkyl halides is 3. The second-order valence-electron chi connectivity index (χ2n) is 9.43. The Bertz CT molecular complexity index is 1320. The highest BCUT2D eigenvalue weighted by atomic mass is 19.4. The van der Waals surface area contributed by atoms with Crippen molar-refractivity contribution in [2.24, 2.45) is 0 Å². The molecule has 1 unspecified atom stereocenters. The summed E-state index contributed by atoms with van der Waals surface area (Å²) in [6.07, 6.45) is -2.26. The van der Waals surface area contributed by atoms with E-state index in [-0.39, 0.29) is 37.3 Å². The van der Waals surface area contributed by atoms with Gasteiger partial charge in [-0.2, -0.15) is 13.2 Å². The highest BCUT2D eigenvalue weighted by molar-refractivity contribution is 5.88. The van der Waals surface area contributed by atoms with Crippen LogP contribution in [-0.4, -0.2) is 45.6 Å². The highest BCUT2D eigenvalue weighted by Crippen LogP contribution is 2.37. The number of nitrogens with zero attached hydrogens (tertiary/aromatic N) is 2. The zero-order valence-corrected chi connectivity index (χ0v) is 21.2. The van der Waals surface area contributed by atoms with Crippen LogP contribution in [0, 0.1) is 5.82 Å². The summed E-state index contributed by atoms with van der Waals surface area (Å²) < 4.78 is 60.1. The molecule has 2 aromatic carbocycles. The number of amides is 1. The van der Waals surface area contributed by atoms with E-state index in [1.165, 1.54) is 24.3 Å². The molecule has 1 aliphatic rings. The summed E-state index contributed by atoms with van der Waals surface area (Å²) in [5.74, 6) is -1.21. The molecule has 4 rings (SSSR count). The molecule has 1 amide bonds. The van der Waals surface area contributed by atoms with Gasteiger partial charge in [-0.25, -0.2) is 9.18 Å². The minimum Gasteiger partial charge on any atom is -0.492 e. The second-order valence-corrected chi connectivity index (χ2v) is 9.43. The average molecular weight is 535 g/mol. The zero-order valence-electron chi connectivity index (χ0n) is 21.2. The van der Waals surface area contributed by atoms with Crippen LogP contribution in [0.1, 0.15) is 56.0 Å². The molecule has 0 aliphatic heterocycles. The number of carbonyl (C=O) groups excluding carboxylic acids is 1. The molecule has 3 aromatic rings. The van der Waals surface area contributed by atoms with Crippen molar-refractivity contribution in [3.05, 3.63) is 65.1 Å². The van der Waals surface area contributed by atoms with Crippen molar-refractivity contribution in [2.75, 3.05) is 13.2 Å². The van der Waals surface area contributed by atoms with Gasteiger partial charge >= 0.3 is 12.1 Å². The van der Waals surface area contributed by atoms with E-state index in [0.29, 0.717) is 36.6 Å². The maximum Gasteiger partial charge on any atom is 0.416 e. The highest BCUT2D eigenvalue weighted by Gasteiger charge is 2.34. The van der Waals surface area contributed by atoms with Crippen molar-refractivity contribution in [1.82, 2.24) is 9.47 Å². The van der Waals surface area contributed by atoms with Gasteiger partial charge in [0, 0.05) is 29.1 Å². The van der Waals surface area contributed by atoms with Gasteiger partial charge in [-0.3, -0.25) is 4.79 Å². The van der Waals surface area contributed by atoms with Crippen LogP contribution in [0.15, 0.2) is 42.5 Å². The van der Waals surface area contributed by atoms with Crippen molar-refractivity contribution >= 4 is 22.8 Å². The van der Waals surface area contributed by atoms with E-state index in [4.69, 9.17) is 4.74 Å². The van der Waals surface area contributed by atoms with E-state index in [1.807, 2.05) is 0 Å². The Balaban J connectivity index is 1.56. The van der Waals surface area contributed by atoms with E-state index in [2.05, 4.69) is 0 Å². The van der Waals surface area contributed by atoms with Gasteiger partial charge in [-0.05, 0) is 73.7 Å². The summed E-state index contributed by atoms with van der Waals surface area (Å²) in [5.41, 5.74) is 1.58. The summed E-state index contributed by atoms with van der Waals surface area (Å²) in [6.45, 7) is 3.87. The number of carboxylic acids is 1. The lowest BCUT2D eigenvalue weighted by Crippen LogP contribution is -2.45. The maximum atomic E-state index is 14.2. The molecule has 0 saturated heterocycles. The predicted octanol–water partition coefficient (Wildman–Crippen LogP) is 6.01. The van der Waals surface area contributed by atoms with Crippen LogP contribution in [0.5, 0.6) is 5.75 Å². The van der Waals surface area contributed by atoms with Gasteiger partial charge in [0.1, 0.15) is 24.2 Å². The molecule has 0 bridgehead atoms. The van der Waals surface area contributed by atoms with Crippen LogP contribution in [0.25, 0.3) is 10.9 Å². The number of aliphatic carboxylic acids is 1. The number of aromatic nitrogens is 1. The number of ether oxygens (including phenoxy) is 1. The standard InChI is InChI=1S/C28H30F4N2O4/c1-3-23(27(36)37)34-24-11-7-18(29)15-21(24)22-16-19(8-12-25(22)34)33(26(35)4-2)13-14-38-20-9-5-17(6-10-20)28(30,31)32/h5-7,9-11,15,19,23H,3-4,8,12-14,16H2,1-2H3,(H,36,37)/t19-,23?/m0/s1. The summed E-state index contributed by atoms with van der Waals surface area (Å²) in [7, 11) is 0. The number of hydrogen-bond acceptors (Lipinski definition) is 3. The number of benzene rings is 2. The number of fused-ring (bicyclic) bond motifs is 3. The molecule has 0 saturated carbocycles. The van der Waals surface area contributed by atoms with Crippen molar-refractivity contribution in [3.63, 3.8) is 0 Å². The van der Waals surface area contributed by atoms with Crippen molar-refractivity contribution in [3.8, 4) is 5.75 Å². The van der Waals surface area contributed by atoms with Gasteiger partial charge in [-0.15, -0.1) is 0 Å². The van der Waals surface area contributed by atoms with Crippen molar-refractivity contribution < 1.29 is 37.0 Å². The van der Waals surface area contributed by atoms with Crippen LogP contribution < -0.4 is 4.74 Å². The smallest absolute Gasteiger partial charge is 0.416 e. The molecular weight excluding hydrogens is 504 g/mol. The summed E-state index contributed by atoms with van der Waals surface area (Å²) in [4.78, 5) is 26.6. The minimum absolute atomic E-state index is 0.0910. The Kier molecular flexibility index (Phi) is 7.99. The third-order valence-corrected chi connectivity index (χ3v) is 7.17. The normalized spacial score (nSPS) is 16.2. The molecule has 0 radical (unpaired) electrons. The van der Waals surface area contributed by atoms with E-state index in [0.717, 1.165) is 23.4 Å². The second kappa shape index (κ2) is 11.0. The Morgan fingerprint density at radius 2 is 1.87 bits per heavy atom. The largest absolute Gasteiger partial charge is 0.492 e. The molecule has 38 heavy (non-hydrogen) atoms. The maximum absolute atomic E-state index is 14.2. The molecule has 0 spiro atoms. The third-order valence-electron chi connectivity index (χ3n) is 7.17. The number of hydrogen-bond donors (Lipinski definition) is 1. The first-order chi connectivity index (χ1) is 18.0. The van der Waals surface area contributed by atoms with E-state index in [9.17, 15) is 32.3 Å². The molecule has 2 atom stereocenters.